The van der Waals surface area contributed by atoms with Gasteiger partial charge in [0.2, 0.25) is 0 Å². The third-order valence-electron chi connectivity index (χ3n) is 2.78. The third kappa shape index (κ3) is 3.19. The average molecular weight is 258 g/mol. The molecule has 3 heteroatoms. The maximum Gasteiger partial charge on any atom is 0.262 e. The Morgan fingerprint density at radius 3 is 1.80 bits per heavy atom. The van der Waals surface area contributed by atoms with Crippen molar-refractivity contribution in [2.24, 2.45) is 0 Å². The molecule has 0 N–H and O–H groups in total. The van der Waals surface area contributed by atoms with E-state index in [0.717, 1.165) is 11.1 Å². The van der Waals surface area contributed by atoms with Crippen molar-refractivity contribution < 1.29 is 4.79 Å². The molecular weight excluding hydrogens is 248 g/mol. The highest BCUT2D eigenvalue weighted by atomic mass is 16.1. The first-order valence-corrected chi connectivity index (χ1v) is 5.95. The number of ketones is 1. The van der Waals surface area contributed by atoms with E-state index in [9.17, 15) is 4.79 Å². The largest absolute Gasteiger partial charge is 0.277 e. The number of hydrogen-bond donors (Lipinski definition) is 0. The van der Waals surface area contributed by atoms with Crippen molar-refractivity contribution in [2.75, 3.05) is 0 Å². The van der Waals surface area contributed by atoms with Crippen LogP contribution in [0.4, 0.5) is 0 Å². The SMILES string of the molecule is N#CC(=O)c1ccc(/C=C/c2ccc(C#N)cc2)cc1. The van der Waals surface area contributed by atoms with Crippen LogP contribution in [-0.2, 0) is 0 Å². The van der Waals surface area contributed by atoms with Gasteiger partial charge in [0.25, 0.3) is 5.78 Å². The molecule has 0 aromatic heterocycles. The van der Waals surface area contributed by atoms with Crippen LogP contribution in [0, 0.1) is 22.7 Å². The predicted octanol–water partition coefficient (Wildman–Crippen LogP) is 3.43. The zero-order valence-electron chi connectivity index (χ0n) is 10.6. The summed E-state index contributed by atoms with van der Waals surface area (Å²) >= 11 is 0. The summed E-state index contributed by atoms with van der Waals surface area (Å²) in [5, 5.41) is 17.2. The molecule has 0 spiro atoms. The fourth-order valence-electron chi connectivity index (χ4n) is 1.67. The van der Waals surface area contributed by atoms with E-state index in [4.69, 9.17) is 10.5 Å². The lowest BCUT2D eigenvalue weighted by atomic mass is 10.1. The summed E-state index contributed by atoms with van der Waals surface area (Å²) in [4.78, 5) is 11.2. The molecule has 0 fully saturated rings. The molecule has 3 nitrogen and oxygen atoms in total. The number of benzene rings is 2. The van der Waals surface area contributed by atoms with E-state index in [-0.39, 0.29) is 0 Å². The number of hydrogen-bond acceptors (Lipinski definition) is 3. The van der Waals surface area contributed by atoms with Crippen LogP contribution >= 0.6 is 0 Å². The summed E-state index contributed by atoms with van der Waals surface area (Å²) in [6.07, 6.45) is 3.82. The van der Waals surface area contributed by atoms with Gasteiger partial charge >= 0.3 is 0 Å². The minimum absolute atomic E-state index is 0.392. The van der Waals surface area contributed by atoms with E-state index in [1.54, 1.807) is 42.5 Å². The Kier molecular flexibility index (Phi) is 4.07. The van der Waals surface area contributed by atoms with Crippen LogP contribution in [0.15, 0.2) is 48.5 Å². The van der Waals surface area contributed by atoms with E-state index in [0.29, 0.717) is 11.1 Å². The molecule has 2 aromatic rings. The van der Waals surface area contributed by atoms with Crippen molar-refractivity contribution in [3.8, 4) is 12.1 Å². The predicted molar refractivity (Wildman–Crippen MR) is 76.5 cm³/mol. The molecule has 0 aliphatic heterocycles. The van der Waals surface area contributed by atoms with Crippen molar-refractivity contribution in [2.45, 2.75) is 0 Å². The Morgan fingerprint density at radius 2 is 1.35 bits per heavy atom. The zero-order chi connectivity index (χ0) is 14.4. The smallest absolute Gasteiger partial charge is 0.262 e. The first-order chi connectivity index (χ1) is 9.72. The number of rotatable bonds is 3. The summed E-state index contributed by atoms with van der Waals surface area (Å²) in [5.74, 6) is -0.535. The van der Waals surface area contributed by atoms with Gasteiger partial charge < -0.3 is 0 Å². The summed E-state index contributed by atoms with van der Waals surface area (Å²) in [6, 6.07) is 17.7. The molecule has 0 aliphatic rings. The van der Waals surface area contributed by atoms with Crippen molar-refractivity contribution in [3.63, 3.8) is 0 Å². The van der Waals surface area contributed by atoms with Crippen LogP contribution in [0.1, 0.15) is 27.0 Å². The van der Waals surface area contributed by atoms with E-state index in [1.807, 2.05) is 24.3 Å². The van der Waals surface area contributed by atoms with Crippen LogP contribution < -0.4 is 0 Å². The number of nitrogens with zero attached hydrogens (tertiary/aromatic N) is 2. The Labute approximate surface area is 117 Å². The lowest BCUT2D eigenvalue weighted by Crippen LogP contribution is -1.93. The normalized spacial score (nSPS) is 9.90. The fraction of sp³-hybridized carbons (Fsp3) is 0. The van der Waals surface area contributed by atoms with E-state index < -0.39 is 5.78 Å². The Hall–Kier alpha value is -3.17. The number of carbonyl (C=O) groups is 1. The minimum Gasteiger partial charge on any atom is -0.277 e. The highest BCUT2D eigenvalue weighted by Gasteiger charge is 2.02. The lowest BCUT2D eigenvalue weighted by molar-refractivity contribution is 0.105. The van der Waals surface area contributed by atoms with Crippen LogP contribution in [0.25, 0.3) is 12.2 Å². The van der Waals surface area contributed by atoms with Crippen LogP contribution in [-0.4, -0.2) is 5.78 Å². The molecule has 0 heterocycles. The van der Waals surface area contributed by atoms with Gasteiger partial charge in [-0.05, 0) is 35.4 Å². The molecule has 2 rings (SSSR count). The molecule has 2 aromatic carbocycles. The van der Waals surface area contributed by atoms with Gasteiger partial charge in [-0.25, -0.2) is 0 Å². The fourth-order valence-corrected chi connectivity index (χ4v) is 1.67. The Balaban J connectivity index is 2.13. The second kappa shape index (κ2) is 6.13. The highest BCUT2D eigenvalue weighted by molar-refractivity contribution is 6.07. The second-order valence-corrected chi connectivity index (χ2v) is 4.13. The van der Waals surface area contributed by atoms with Crippen molar-refractivity contribution >= 4 is 17.9 Å². The Bertz CT molecular complexity index is 727. The van der Waals surface area contributed by atoms with Crippen LogP contribution in [0.5, 0.6) is 0 Å². The van der Waals surface area contributed by atoms with Gasteiger partial charge in [0, 0.05) is 5.56 Å². The quantitative estimate of drug-likeness (QED) is 0.481. The van der Waals surface area contributed by atoms with Gasteiger partial charge in [0.05, 0.1) is 11.6 Å². The number of Topliss-reactive ketones (excluding diaryl/α,β-unsaturated/α-hetero) is 1. The maximum atomic E-state index is 11.2. The van der Waals surface area contributed by atoms with Crippen molar-refractivity contribution in [1.82, 2.24) is 0 Å². The molecule has 0 unspecified atom stereocenters. The molecule has 0 radical (unpaired) electrons. The van der Waals surface area contributed by atoms with Gasteiger partial charge in [-0.15, -0.1) is 0 Å². The van der Waals surface area contributed by atoms with Gasteiger partial charge in [-0.2, -0.15) is 10.5 Å². The molecule has 0 atom stereocenters. The van der Waals surface area contributed by atoms with Crippen molar-refractivity contribution in [3.05, 3.63) is 70.8 Å². The second-order valence-electron chi connectivity index (χ2n) is 4.13. The monoisotopic (exact) mass is 258 g/mol. The van der Waals surface area contributed by atoms with Gasteiger partial charge in [-0.3, -0.25) is 4.79 Å². The van der Waals surface area contributed by atoms with E-state index >= 15 is 0 Å². The minimum atomic E-state index is -0.535. The molecule has 20 heavy (non-hydrogen) atoms. The van der Waals surface area contributed by atoms with Crippen LogP contribution in [0.2, 0.25) is 0 Å². The molecule has 0 amide bonds. The lowest BCUT2D eigenvalue weighted by Gasteiger charge is -1.96. The zero-order valence-corrected chi connectivity index (χ0v) is 10.6. The summed E-state index contributed by atoms with van der Waals surface area (Å²) in [6.45, 7) is 0. The van der Waals surface area contributed by atoms with Crippen molar-refractivity contribution in [1.29, 1.82) is 10.5 Å². The summed E-state index contributed by atoms with van der Waals surface area (Å²) in [5.41, 5.74) is 2.94. The van der Waals surface area contributed by atoms with Gasteiger partial charge in [0.15, 0.2) is 0 Å². The standard InChI is InChI=1S/C17H10N2O/c18-11-15-5-3-13(4-6-15)1-2-14-7-9-16(10-8-14)17(20)12-19/h1-10H/b2-1+. The third-order valence-corrected chi connectivity index (χ3v) is 2.78. The number of nitriles is 2. The van der Waals surface area contributed by atoms with Gasteiger partial charge in [-0.1, -0.05) is 36.4 Å². The number of carbonyl (C=O) groups excluding carboxylic acids is 1. The van der Waals surface area contributed by atoms with E-state index in [1.165, 1.54) is 0 Å². The average Bonchev–Trinajstić information content (AvgIpc) is 2.53. The topological polar surface area (TPSA) is 64.7 Å². The summed E-state index contributed by atoms with van der Waals surface area (Å²) in [7, 11) is 0. The molecule has 0 bridgehead atoms. The molecule has 0 saturated carbocycles. The molecular formula is C17H10N2O. The Morgan fingerprint density at radius 1 is 0.850 bits per heavy atom. The van der Waals surface area contributed by atoms with Gasteiger partial charge in [0.1, 0.15) is 6.07 Å². The summed E-state index contributed by atoms with van der Waals surface area (Å²) < 4.78 is 0. The molecule has 94 valence electrons. The first-order valence-electron chi connectivity index (χ1n) is 5.95. The highest BCUT2D eigenvalue weighted by Crippen LogP contribution is 2.11. The van der Waals surface area contributed by atoms with Crippen LogP contribution in [0.3, 0.4) is 0 Å². The first kappa shape index (κ1) is 13.3. The maximum absolute atomic E-state index is 11.2. The molecule has 0 aliphatic carbocycles. The van der Waals surface area contributed by atoms with E-state index in [2.05, 4.69) is 6.07 Å². The molecule has 0 saturated heterocycles.